The fraction of sp³-hybridized carbons (Fsp3) is 0.526. The van der Waals surface area contributed by atoms with E-state index in [0.717, 1.165) is 60.6 Å². The molecule has 128 valence electrons. The van der Waals surface area contributed by atoms with Crippen LogP contribution in [0.5, 0.6) is 0 Å². The van der Waals surface area contributed by atoms with Gasteiger partial charge in [-0.3, -0.25) is 10.2 Å². The van der Waals surface area contributed by atoms with Gasteiger partial charge < -0.3 is 4.90 Å². The van der Waals surface area contributed by atoms with E-state index in [1.165, 1.54) is 0 Å². The highest BCUT2D eigenvalue weighted by Crippen LogP contribution is 2.34. The number of carbonyl (C=O) groups is 1. The van der Waals surface area contributed by atoms with Gasteiger partial charge in [0.15, 0.2) is 0 Å². The van der Waals surface area contributed by atoms with Gasteiger partial charge in [-0.25, -0.2) is 5.01 Å². The molecule has 1 aromatic carbocycles. The van der Waals surface area contributed by atoms with E-state index in [1.807, 2.05) is 19.1 Å². The van der Waals surface area contributed by atoms with Gasteiger partial charge in [0.1, 0.15) is 0 Å². The fourth-order valence-corrected chi connectivity index (χ4v) is 3.97. The van der Waals surface area contributed by atoms with Crippen LogP contribution in [-0.2, 0) is 11.3 Å². The lowest BCUT2D eigenvalue weighted by molar-refractivity contribution is -0.129. The summed E-state index contributed by atoms with van der Waals surface area (Å²) in [6.07, 6.45) is 5.42. The molecule has 1 saturated carbocycles. The van der Waals surface area contributed by atoms with Gasteiger partial charge in [0.2, 0.25) is 5.91 Å². The Morgan fingerprint density at radius 2 is 2.21 bits per heavy atom. The van der Waals surface area contributed by atoms with Crippen molar-refractivity contribution in [3.8, 4) is 0 Å². The number of hydrogen-bond acceptors (Lipinski definition) is 3. The zero-order chi connectivity index (χ0) is 16.7. The monoisotopic (exact) mass is 345 g/mol. The molecule has 2 heterocycles. The highest BCUT2D eigenvalue weighted by atomic mass is 35.5. The van der Waals surface area contributed by atoms with Crippen LogP contribution in [-0.4, -0.2) is 41.5 Å². The van der Waals surface area contributed by atoms with Crippen LogP contribution in [0.25, 0.3) is 0 Å². The SMILES string of the molecule is Cc1c(Cl)cccc1CN(C(=O)C1=CCN2CC1CCN2)C1CC1. The second-order valence-corrected chi connectivity index (χ2v) is 7.55. The van der Waals surface area contributed by atoms with Crippen molar-refractivity contribution in [1.29, 1.82) is 0 Å². The van der Waals surface area contributed by atoms with Crippen molar-refractivity contribution in [3.63, 3.8) is 0 Å². The molecular formula is C19H24ClN3O. The van der Waals surface area contributed by atoms with Crippen molar-refractivity contribution in [2.24, 2.45) is 5.92 Å². The second-order valence-electron chi connectivity index (χ2n) is 7.15. The summed E-state index contributed by atoms with van der Waals surface area (Å²) in [7, 11) is 0. The minimum Gasteiger partial charge on any atom is -0.332 e. The lowest BCUT2D eigenvalue weighted by Gasteiger charge is -2.39. The summed E-state index contributed by atoms with van der Waals surface area (Å²) in [6.45, 7) is 5.45. The summed E-state index contributed by atoms with van der Waals surface area (Å²) < 4.78 is 0. The molecule has 5 heteroatoms. The van der Waals surface area contributed by atoms with Crippen molar-refractivity contribution in [2.75, 3.05) is 19.6 Å². The Kier molecular flexibility index (Phi) is 4.37. The highest BCUT2D eigenvalue weighted by molar-refractivity contribution is 6.31. The van der Waals surface area contributed by atoms with Gasteiger partial charge in [-0.05, 0) is 43.4 Å². The Morgan fingerprint density at radius 1 is 1.38 bits per heavy atom. The van der Waals surface area contributed by atoms with Gasteiger partial charge in [-0.1, -0.05) is 29.8 Å². The summed E-state index contributed by atoms with van der Waals surface area (Å²) in [4.78, 5) is 15.4. The van der Waals surface area contributed by atoms with E-state index < -0.39 is 0 Å². The van der Waals surface area contributed by atoms with E-state index in [9.17, 15) is 4.79 Å². The van der Waals surface area contributed by atoms with Crippen molar-refractivity contribution < 1.29 is 4.79 Å². The van der Waals surface area contributed by atoms with Crippen LogP contribution in [0.1, 0.15) is 30.4 Å². The highest BCUT2D eigenvalue weighted by Gasteiger charge is 2.38. The third-order valence-electron chi connectivity index (χ3n) is 5.46. The number of hydrogen-bond donors (Lipinski definition) is 1. The van der Waals surface area contributed by atoms with Gasteiger partial charge in [0.25, 0.3) is 0 Å². The Morgan fingerprint density at radius 3 is 3.00 bits per heavy atom. The third-order valence-corrected chi connectivity index (χ3v) is 5.87. The second kappa shape index (κ2) is 6.51. The number of fused-ring (bicyclic) bond motifs is 2. The predicted octanol–water partition coefficient (Wildman–Crippen LogP) is 2.91. The van der Waals surface area contributed by atoms with Crippen LogP contribution >= 0.6 is 11.6 Å². The number of carbonyl (C=O) groups excluding carboxylic acids is 1. The topological polar surface area (TPSA) is 35.6 Å². The summed E-state index contributed by atoms with van der Waals surface area (Å²) >= 11 is 6.26. The van der Waals surface area contributed by atoms with E-state index in [2.05, 4.69) is 27.5 Å². The molecule has 2 unspecified atom stereocenters. The molecule has 1 saturated heterocycles. The van der Waals surface area contributed by atoms with E-state index in [-0.39, 0.29) is 5.91 Å². The number of hydrazine groups is 1. The molecule has 4 nitrogen and oxygen atoms in total. The van der Waals surface area contributed by atoms with Crippen LogP contribution in [0, 0.1) is 12.8 Å². The van der Waals surface area contributed by atoms with E-state index >= 15 is 0 Å². The maximum atomic E-state index is 13.3. The average Bonchev–Trinajstić information content (AvgIpc) is 3.41. The smallest absolute Gasteiger partial charge is 0.250 e. The Hall–Kier alpha value is -1.36. The first kappa shape index (κ1) is 16.1. The van der Waals surface area contributed by atoms with Crippen molar-refractivity contribution >= 4 is 17.5 Å². The van der Waals surface area contributed by atoms with Crippen LogP contribution in [0.15, 0.2) is 29.8 Å². The lowest BCUT2D eigenvalue weighted by atomic mass is 9.89. The first-order chi connectivity index (χ1) is 11.6. The molecular weight excluding hydrogens is 322 g/mol. The quantitative estimate of drug-likeness (QED) is 0.911. The molecule has 1 aromatic rings. The summed E-state index contributed by atoms with van der Waals surface area (Å²) in [6, 6.07) is 6.38. The molecule has 1 amide bonds. The van der Waals surface area contributed by atoms with Gasteiger partial charge in [0, 0.05) is 48.7 Å². The number of halogens is 1. The molecule has 2 bridgehead atoms. The molecule has 0 radical (unpaired) electrons. The number of nitrogens with zero attached hydrogens (tertiary/aromatic N) is 2. The number of amides is 1. The van der Waals surface area contributed by atoms with Crippen LogP contribution in [0.3, 0.4) is 0 Å². The Labute approximate surface area is 148 Å². The molecule has 2 fully saturated rings. The van der Waals surface area contributed by atoms with Crippen LogP contribution in [0.2, 0.25) is 5.02 Å². The molecule has 1 aliphatic carbocycles. The van der Waals surface area contributed by atoms with Crippen LogP contribution in [0.4, 0.5) is 0 Å². The first-order valence-electron chi connectivity index (χ1n) is 8.87. The van der Waals surface area contributed by atoms with E-state index in [0.29, 0.717) is 18.5 Å². The third kappa shape index (κ3) is 3.10. The first-order valence-corrected chi connectivity index (χ1v) is 9.24. The Balaban J connectivity index is 1.57. The maximum absolute atomic E-state index is 13.3. The van der Waals surface area contributed by atoms with Gasteiger partial charge in [-0.15, -0.1) is 0 Å². The molecule has 4 rings (SSSR count). The zero-order valence-electron chi connectivity index (χ0n) is 14.1. The minimum absolute atomic E-state index is 0.239. The molecule has 24 heavy (non-hydrogen) atoms. The molecule has 2 atom stereocenters. The molecule has 3 aliphatic rings. The largest absolute Gasteiger partial charge is 0.332 e. The van der Waals surface area contributed by atoms with Gasteiger partial charge in [0.05, 0.1) is 0 Å². The van der Waals surface area contributed by atoms with Gasteiger partial charge in [-0.2, -0.15) is 0 Å². The normalized spacial score (nSPS) is 26.0. The Bertz CT molecular complexity index is 683. The van der Waals surface area contributed by atoms with Crippen LogP contribution < -0.4 is 5.43 Å². The minimum atomic E-state index is 0.239. The number of benzene rings is 1. The molecule has 2 aliphatic heterocycles. The van der Waals surface area contributed by atoms with E-state index in [4.69, 9.17) is 11.6 Å². The standard InChI is InChI=1S/C19H24ClN3O/c1-13-14(3-2-4-18(13)20)12-23(16-5-6-16)19(24)17-8-10-22-11-15(17)7-9-21-22/h2-4,8,15-16,21H,5-7,9-12H2,1H3. The molecule has 0 aromatic heterocycles. The predicted molar refractivity (Wildman–Crippen MR) is 95.5 cm³/mol. The summed E-state index contributed by atoms with van der Waals surface area (Å²) in [5.74, 6) is 0.609. The zero-order valence-corrected chi connectivity index (χ0v) is 14.9. The number of nitrogens with one attached hydrogen (secondary N) is 1. The molecule has 1 N–H and O–H groups in total. The lowest BCUT2D eigenvalue weighted by Crippen LogP contribution is -2.52. The van der Waals surface area contributed by atoms with Crippen molar-refractivity contribution in [1.82, 2.24) is 15.3 Å². The maximum Gasteiger partial charge on any atom is 0.250 e. The fourth-order valence-electron chi connectivity index (χ4n) is 3.77. The average molecular weight is 346 g/mol. The summed E-state index contributed by atoms with van der Waals surface area (Å²) in [5, 5.41) is 3.00. The van der Waals surface area contributed by atoms with Crippen molar-refractivity contribution in [3.05, 3.63) is 46.0 Å². The number of rotatable bonds is 4. The van der Waals surface area contributed by atoms with Gasteiger partial charge >= 0.3 is 0 Å². The summed E-state index contributed by atoms with van der Waals surface area (Å²) in [5.41, 5.74) is 6.65. The van der Waals surface area contributed by atoms with Crippen molar-refractivity contribution in [2.45, 2.75) is 38.8 Å². The molecule has 0 spiro atoms. The van der Waals surface area contributed by atoms with E-state index in [1.54, 1.807) is 0 Å².